The molecular formula is C20H17FN6O2. The lowest BCUT2D eigenvalue weighted by atomic mass is 10.2. The zero-order valence-corrected chi connectivity index (χ0v) is 15.4. The highest BCUT2D eigenvalue weighted by atomic mass is 19.1. The molecule has 0 bridgehead atoms. The number of fused-ring (bicyclic) bond motifs is 1. The van der Waals surface area contributed by atoms with Crippen LogP contribution in [0.5, 0.6) is 0 Å². The Morgan fingerprint density at radius 2 is 1.76 bits per heavy atom. The Morgan fingerprint density at radius 3 is 2.48 bits per heavy atom. The lowest BCUT2D eigenvalue weighted by molar-refractivity contribution is 0.0746. The minimum atomic E-state index is -0.351. The van der Waals surface area contributed by atoms with E-state index in [1.165, 1.54) is 24.3 Å². The molecule has 0 radical (unpaired) electrons. The van der Waals surface area contributed by atoms with Crippen molar-refractivity contribution in [3.05, 3.63) is 66.2 Å². The van der Waals surface area contributed by atoms with Gasteiger partial charge in [0.15, 0.2) is 11.4 Å². The number of hydrogen-bond donors (Lipinski definition) is 0. The minimum Gasteiger partial charge on any atom is -0.461 e. The third-order valence-electron chi connectivity index (χ3n) is 4.97. The molecule has 4 aromatic rings. The molecule has 1 amide bonds. The predicted molar refractivity (Wildman–Crippen MR) is 103 cm³/mol. The van der Waals surface area contributed by atoms with Gasteiger partial charge in [-0.3, -0.25) is 4.79 Å². The summed E-state index contributed by atoms with van der Waals surface area (Å²) in [5.41, 5.74) is 1.12. The van der Waals surface area contributed by atoms with E-state index in [0.717, 1.165) is 5.82 Å². The Kier molecular flexibility index (Phi) is 4.19. The molecule has 1 aromatic carbocycles. The van der Waals surface area contributed by atoms with Gasteiger partial charge in [0.05, 0.1) is 6.26 Å². The van der Waals surface area contributed by atoms with Crippen LogP contribution < -0.4 is 4.90 Å². The number of hydrogen-bond acceptors (Lipinski definition) is 6. The van der Waals surface area contributed by atoms with Gasteiger partial charge in [0, 0.05) is 31.7 Å². The molecule has 8 nitrogen and oxygen atoms in total. The number of aromatic nitrogens is 4. The first-order valence-corrected chi connectivity index (χ1v) is 9.25. The maximum Gasteiger partial charge on any atom is 0.253 e. The molecule has 1 fully saturated rings. The Hall–Kier alpha value is -3.75. The van der Waals surface area contributed by atoms with Gasteiger partial charge in [-0.05, 0) is 48.5 Å². The Balaban J connectivity index is 1.33. The van der Waals surface area contributed by atoms with Gasteiger partial charge in [-0.25, -0.2) is 4.39 Å². The Morgan fingerprint density at radius 1 is 0.966 bits per heavy atom. The van der Waals surface area contributed by atoms with Crippen molar-refractivity contribution in [3.63, 3.8) is 0 Å². The van der Waals surface area contributed by atoms with Gasteiger partial charge in [0.2, 0.25) is 5.82 Å². The summed E-state index contributed by atoms with van der Waals surface area (Å²) < 4.78 is 20.2. The van der Waals surface area contributed by atoms with E-state index in [-0.39, 0.29) is 11.7 Å². The van der Waals surface area contributed by atoms with E-state index in [9.17, 15) is 9.18 Å². The van der Waals surface area contributed by atoms with Crippen LogP contribution in [-0.4, -0.2) is 56.8 Å². The number of piperazine rings is 1. The van der Waals surface area contributed by atoms with Crippen LogP contribution >= 0.6 is 0 Å². The molecule has 9 heteroatoms. The number of benzene rings is 1. The molecule has 4 heterocycles. The molecule has 0 aliphatic carbocycles. The molecule has 3 aromatic heterocycles. The van der Waals surface area contributed by atoms with Crippen molar-refractivity contribution in [2.45, 2.75) is 0 Å². The van der Waals surface area contributed by atoms with E-state index in [1.807, 2.05) is 18.2 Å². The van der Waals surface area contributed by atoms with E-state index in [0.29, 0.717) is 49.0 Å². The SMILES string of the molecule is O=C(c1ccc(F)cc1)N1CCN(c2ccc3nnc(-c4ccco4)n3n2)CC1. The number of anilines is 1. The average Bonchev–Trinajstić information content (AvgIpc) is 3.43. The quantitative estimate of drug-likeness (QED) is 0.533. The van der Waals surface area contributed by atoms with Crippen molar-refractivity contribution in [2.75, 3.05) is 31.1 Å². The summed E-state index contributed by atoms with van der Waals surface area (Å²) in [5, 5.41) is 13.0. The minimum absolute atomic E-state index is 0.0908. The van der Waals surface area contributed by atoms with Crippen LogP contribution in [0.4, 0.5) is 10.2 Å². The maximum absolute atomic E-state index is 13.1. The fourth-order valence-electron chi connectivity index (χ4n) is 3.42. The van der Waals surface area contributed by atoms with Gasteiger partial charge in [-0.2, -0.15) is 4.52 Å². The van der Waals surface area contributed by atoms with E-state index < -0.39 is 0 Å². The summed E-state index contributed by atoms with van der Waals surface area (Å²) in [6.07, 6.45) is 1.58. The first kappa shape index (κ1) is 17.4. The second-order valence-electron chi connectivity index (χ2n) is 6.75. The second kappa shape index (κ2) is 7.01. The van der Waals surface area contributed by atoms with Crippen LogP contribution in [-0.2, 0) is 0 Å². The van der Waals surface area contributed by atoms with Crippen molar-refractivity contribution in [3.8, 4) is 11.6 Å². The molecule has 146 valence electrons. The highest BCUT2D eigenvalue weighted by molar-refractivity contribution is 5.94. The van der Waals surface area contributed by atoms with Crippen LogP contribution in [0.15, 0.2) is 59.2 Å². The smallest absolute Gasteiger partial charge is 0.253 e. The van der Waals surface area contributed by atoms with Crippen LogP contribution in [0.3, 0.4) is 0 Å². The van der Waals surface area contributed by atoms with E-state index in [4.69, 9.17) is 4.42 Å². The predicted octanol–water partition coefficient (Wildman–Crippen LogP) is 2.49. The number of carbonyl (C=O) groups excluding carboxylic acids is 1. The molecule has 29 heavy (non-hydrogen) atoms. The lowest BCUT2D eigenvalue weighted by Gasteiger charge is -2.35. The van der Waals surface area contributed by atoms with Gasteiger partial charge in [0.25, 0.3) is 5.91 Å². The van der Waals surface area contributed by atoms with Gasteiger partial charge in [-0.1, -0.05) is 0 Å². The Bertz CT molecular complexity index is 1150. The molecule has 0 spiro atoms. The third kappa shape index (κ3) is 3.20. The summed E-state index contributed by atoms with van der Waals surface area (Å²) in [6, 6.07) is 13.0. The topological polar surface area (TPSA) is 79.8 Å². The molecule has 0 saturated carbocycles. The van der Waals surface area contributed by atoms with Gasteiger partial charge < -0.3 is 14.2 Å². The first-order valence-electron chi connectivity index (χ1n) is 9.25. The van der Waals surface area contributed by atoms with E-state index >= 15 is 0 Å². The molecule has 1 aliphatic heterocycles. The number of carbonyl (C=O) groups is 1. The summed E-state index contributed by atoms with van der Waals surface area (Å²) in [5.74, 6) is 1.47. The summed E-state index contributed by atoms with van der Waals surface area (Å²) >= 11 is 0. The standard InChI is InChI=1S/C20H17FN6O2/c21-15-5-3-14(4-6-15)20(28)26-11-9-25(10-12-26)18-8-7-17-22-23-19(27(17)24-18)16-2-1-13-29-16/h1-8,13H,9-12H2. The van der Waals surface area contributed by atoms with Gasteiger partial charge in [-0.15, -0.1) is 15.3 Å². The molecule has 0 N–H and O–H groups in total. The molecule has 0 atom stereocenters. The summed E-state index contributed by atoms with van der Waals surface area (Å²) in [7, 11) is 0. The largest absolute Gasteiger partial charge is 0.461 e. The summed E-state index contributed by atoms with van der Waals surface area (Å²) in [6.45, 7) is 2.40. The van der Waals surface area contributed by atoms with Crippen molar-refractivity contribution in [2.24, 2.45) is 0 Å². The van der Waals surface area contributed by atoms with Crippen molar-refractivity contribution in [1.82, 2.24) is 24.7 Å². The molecule has 1 aliphatic rings. The van der Waals surface area contributed by atoms with Gasteiger partial charge in [0.1, 0.15) is 11.6 Å². The highest BCUT2D eigenvalue weighted by Gasteiger charge is 2.23. The van der Waals surface area contributed by atoms with Crippen LogP contribution in [0, 0.1) is 5.82 Å². The zero-order chi connectivity index (χ0) is 19.8. The van der Waals surface area contributed by atoms with Crippen molar-refractivity contribution >= 4 is 17.4 Å². The number of nitrogens with zero attached hydrogens (tertiary/aromatic N) is 6. The average molecular weight is 392 g/mol. The van der Waals surface area contributed by atoms with Crippen molar-refractivity contribution in [1.29, 1.82) is 0 Å². The third-order valence-corrected chi connectivity index (χ3v) is 4.97. The van der Waals surface area contributed by atoms with Crippen LogP contribution in [0.2, 0.25) is 0 Å². The Labute approximate surface area is 165 Å². The fourth-order valence-corrected chi connectivity index (χ4v) is 3.42. The highest BCUT2D eigenvalue weighted by Crippen LogP contribution is 2.21. The monoisotopic (exact) mass is 392 g/mol. The number of amides is 1. The number of halogens is 1. The van der Waals surface area contributed by atoms with Crippen molar-refractivity contribution < 1.29 is 13.6 Å². The normalized spacial score (nSPS) is 14.5. The summed E-state index contributed by atoms with van der Waals surface area (Å²) in [4.78, 5) is 16.5. The number of furan rings is 1. The molecule has 5 rings (SSSR count). The zero-order valence-electron chi connectivity index (χ0n) is 15.4. The lowest BCUT2D eigenvalue weighted by Crippen LogP contribution is -2.49. The molecular weight excluding hydrogens is 375 g/mol. The molecule has 1 saturated heterocycles. The van der Waals surface area contributed by atoms with Gasteiger partial charge >= 0.3 is 0 Å². The van der Waals surface area contributed by atoms with Crippen LogP contribution in [0.25, 0.3) is 17.2 Å². The molecule has 0 unspecified atom stereocenters. The number of rotatable bonds is 3. The first-order chi connectivity index (χ1) is 14.2. The van der Waals surface area contributed by atoms with E-state index in [2.05, 4.69) is 20.2 Å². The fraction of sp³-hybridized carbons (Fsp3) is 0.200. The second-order valence-corrected chi connectivity index (χ2v) is 6.75. The maximum atomic E-state index is 13.1. The van der Waals surface area contributed by atoms with E-state index in [1.54, 1.807) is 21.7 Å². The van der Waals surface area contributed by atoms with Crippen LogP contribution in [0.1, 0.15) is 10.4 Å².